The van der Waals surface area contributed by atoms with Crippen LogP contribution in [0.1, 0.15) is 0 Å². The number of hydrogen-bond acceptors (Lipinski definition) is 1. The van der Waals surface area contributed by atoms with Gasteiger partial charge in [0.2, 0.25) is 0 Å². The lowest BCUT2D eigenvalue weighted by atomic mass is 10.3. The number of ether oxygens (including phenoxy) is 1. The zero-order chi connectivity index (χ0) is 10.6. The second-order valence-corrected chi connectivity index (χ2v) is 4.70. The normalized spacial score (nSPS) is 9.93. The molecule has 0 saturated heterocycles. The molecule has 0 bridgehead atoms. The Morgan fingerprint density at radius 1 is 1.36 bits per heavy atom. The van der Waals surface area contributed by atoms with Crippen molar-refractivity contribution in [1.29, 1.82) is 0 Å². The van der Waals surface area contributed by atoms with E-state index >= 15 is 0 Å². The SMILES string of the molecule is C=C(CCl)COc1c(Br)cccc1Br. The minimum absolute atomic E-state index is 0.419. The van der Waals surface area contributed by atoms with Gasteiger partial charge in [0, 0.05) is 5.88 Å². The first-order valence-electron chi connectivity index (χ1n) is 3.94. The van der Waals surface area contributed by atoms with Crippen molar-refractivity contribution in [2.75, 3.05) is 12.5 Å². The summed E-state index contributed by atoms with van der Waals surface area (Å²) in [5.74, 6) is 1.20. The van der Waals surface area contributed by atoms with E-state index in [0.717, 1.165) is 20.3 Å². The van der Waals surface area contributed by atoms with E-state index in [1.165, 1.54) is 0 Å². The number of halogens is 3. The number of benzene rings is 1. The third-order valence-electron chi connectivity index (χ3n) is 1.53. The van der Waals surface area contributed by atoms with Gasteiger partial charge in [-0.25, -0.2) is 0 Å². The summed E-state index contributed by atoms with van der Waals surface area (Å²) >= 11 is 12.4. The minimum atomic E-state index is 0.419. The van der Waals surface area contributed by atoms with Crippen molar-refractivity contribution in [3.8, 4) is 5.75 Å². The van der Waals surface area contributed by atoms with Crippen molar-refractivity contribution in [1.82, 2.24) is 0 Å². The molecule has 14 heavy (non-hydrogen) atoms. The van der Waals surface area contributed by atoms with Crippen LogP contribution in [-0.4, -0.2) is 12.5 Å². The van der Waals surface area contributed by atoms with E-state index in [9.17, 15) is 0 Å². The fourth-order valence-corrected chi connectivity index (χ4v) is 2.14. The largest absolute Gasteiger partial charge is 0.487 e. The lowest BCUT2D eigenvalue weighted by Crippen LogP contribution is -2.02. The first-order valence-corrected chi connectivity index (χ1v) is 6.06. The van der Waals surface area contributed by atoms with Gasteiger partial charge >= 0.3 is 0 Å². The van der Waals surface area contributed by atoms with Crippen LogP contribution < -0.4 is 4.74 Å². The van der Waals surface area contributed by atoms with E-state index in [2.05, 4.69) is 38.4 Å². The van der Waals surface area contributed by atoms with Crippen molar-refractivity contribution >= 4 is 43.5 Å². The average Bonchev–Trinajstić information content (AvgIpc) is 2.16. The maximum atomic E-state index is 5.59. The summed E-state index contributed by atoms with van der Waals surface area (Å²) in [7, 11) is 0. The molecule has 1 nitrogen and oxygen atoms in total. The number of alkyl halides is 1. The Morgan fingerprint density at radius 3 is 2.43 bits per heavy atom. The van der Waals surface area contributed by atoms with Gasteiger partial charge in [-0.05, 0) is 49.6 Å². The van der Waals surface area contributed by atoms with Gasteiger partial charge in [-0.3, -0.25) is 0 Å². The van der Waals surface area contributed by atoms with Crippen LogP contribution in [-0.2, 0) is 0 Å². The predicted octanol–water partition coefficient (Wildman–Crippen LogP) is 4.39. The number of hydrogen-bond donors (Lipinski definition) is 0. The van der Waals surface area contributed by atoms with Crippen LogP contribution in [0.25, 0.3) is 0 Å². The summed E-state index contributed by atoms with van der Waals surface area (Å²) in [4.78, 5) is 0. The molecule has 0 aliphatic carbocycles. The average molecular weight is 340 g/mol. The Labute approximate surface area is 105 Å². The second-order valence-electron chi connectivity index (χ2n) is 2.72. The fraction of sp³-hybridized carbons (Fsp3) is 0.200. The summed E-state index contributed by atoms with van der Waals surface area (Å²) < 4.78 is 7.37. The highest BCUT2D eigenvalue weighted by atomic mass is 79.9. The van der Waals surface area contributed by atoms with Crippen molar-refractivity contribution in [3.63, 3.8) is 0 Å². The van der Waals surface area contributed by atoms with Crippen molar-refractivity contribution < 1.29 is 4.74 Å². The zero-order valence-corrected chi connectivity index (χ0v) is 11.3. The Morgan fingerprint density at radius 2 is 1.93 bits per heavy atom. The summed E-state index contributed by atoms with van der Waals surface area (Å²) in [6.07, 6.45) is 0. The van der Waals surface area contributed by atoms with Gasteiger partial charge in [0.1, 0.15) is 12.4 Å². The molecule has 0 atom stereocenters. The van der Waals surface area contributed by atoms with Crippen LogP contribution in [0.2, 0.25) is 0 Å². The van der Waals surface area contributed by atoms with E-state index in [4.69, 9.17) is 16.3 Å². The Bertz CT molecular complexity index is 319. The minimum Gasteiger partial charge on any atom is -0.487 e. The molecule has 0 unspecified atom stereocenters. The summed E-state index contributed by atoms with van der Waals surface area (Å²) in [6.45, 7) is 4.20. The van der Waals surface area contributed by atoms with E-state index in [1.54, 1.807) is 0 Å². The Kier molecular flexibility index (Phi) is 4.99. The van der Waals surface area contributed by atoms with Gasteiger partial charge < -0.3 is 4.74 Å². The molecule has 0 N–H and O–H groups in total. The molecule has 0 aliphatic heterocycles. The molecular formula is C10H9Br2ClO. The van der Waals surface area contributed by atoms with Gasteiger partial charge in [-0.1, -0.05) is 12.6 Å². The van der Waals surface area contributed by atoms with E-state index in [0.29, 0.717) is 12.5 Å². The maximum Gasteiger partial charge on any atom is 0.148 e. The third-order valence-corrected chi connectivity index (χ3v) is 3.16. The van der Waals surface area contributed by atoms with Crippen LogP contribution >= 0.6 is 43.5 Å². The lowest BCUT2D eigenvalue weighted by Gasteiger charge is -2.10. The van der Waals surface area contributed by atoms with Crippen molar-refractivity contribution in [3.05, 3.63) is 39.3 Å². The number of para-hydroxylation sites is 1. The molecule has 0 fully saturated rings. The van der Waals surface area contributed by atoms with Crippen LogP contribution in [0.4, 0.5) is 0 Å². The third kappa shape index (κ3) is 3.30. The molecule has 0 radical (unpaired) electrons. The quantitative estimate of drug-likeness (QED) is 0.584. The molecule has 0 heterocycles. The molecule has 0 aromatic heterocycles. The summed E-state index contributed by atoms with van der Waals surface area (Å²) in [6, 6.07) is 5.77. The maximum absolute atomic E-state index is 5.59. The lowest BCUT2D eigenvalue weighted by molar-refractivity contribution is 0.348. The molecule has 1 rings (SSSR count). The molecule has 0 spiro atoms. The zero-order valence-electron chi connectivity index (χ0n) is 7.40. The van der Waals surface area contributed by atoms with Crippen LogP contribution in [0.5, 0.6) is 5.75 Å². The summed E-state index contributed by atoms with van der Waals surface area (Å²) in [5, 5.41) is 0. The van der Waals surface area contributed by atoms with E-state index < -0.39 is 0 Å². The van der Waals surface area contributed by atoms with Crippen molar-refractivity contribution in [2.45, 2.75) is 0 Å². The predicted molar refractivity (Wildman–Crippen MR) is 67.2 cm³/mol. The van der Waals surface area contributed by atoms with Gasteiger partial charge in [0.15, 0.2) is 0 Å². The van der Waals surface area contributed by atoms with Crippen LogP contribution in [0.15, 0.2) is 39.3 Å². The number of rotatable bonds is 4. The topological polar surface area (TPSA) is 9.23 Å². The highest BCUT2D eigenvalue weighted by Crippen LogP contribution is 2.33. The molecule has 0 aliphatic rings. The molecule has 1 aromatic rings. The van der Waals surface area contributed by atoms with E-state index in [-0.39, 0.29) is 0 Å². The van der Waals surface area contributed by atoms with Gasteiger partial charge in [0.05, 0.1) is 8.95 Å². The first kappa shape index (κ1) is 12.1. The molecular weight excluding hydrogens is 331 g/mol. The second kappa shape index (κ2) is 5.79. The smallest absolute Gasteiger partial charge is 0.148 e. The molecule has 4 heteroatoms. The molecule has 1 aromatic carbocycles. The van der Waals surface area contributed by atoms with Gasteiger partial charge in [-0.2, -0.15) is 0 Å². The van der Waals surface area contributed by atoms with Crippen molar-refractivity contribution in [2.24, 2.45) is 0 Å². The van der Waals surface area contributed by atoms with Gasteiger partial charge in [0.25, 0.3) is 0 Å². The highest BCUT2D eigenvalue weighted by Gasteiger charge is 2.05. The summed E-state index contributed by atoms with van der Waals surface area (Å²) in [5.41, 5.74) is 0.856. The highest BCUT2D eigenvalue weighted by molar-refractivity contribution is 9.11. The first-order chi connectivity index (χ1) is 6.65. The van der Waals surface area contributed by atoms with Gasteiger partial charge in [-0.15, -0.1) is 11.6 Å². The standard InChI is InChI=1S/C10H9Br2ClO/c1-7(5-13)6-14-10-8(11)3-2-4-9(10)12/h2-4H,1,5-6H2. The molecule has 0 amide bonds. The molecule has 76 valence electrons. The van der Waals surface area contributed by atoms with E-state index in [1.807, 2.05) is 18.2 Å². The van der Waals surface area contributed by atoms with Crippen LogP contribution in [0, 0.1) is 0 Å². The van der Waals surface area contributed by atoms with Crippen LogP contribution in [0.3, 0.4) is 0 Å². The Hall–Kier alpha value is 0.01000. The Balaban J connectivity index is 2.71. The fourth-order valence-electron chi connectivity index (χ4n) is 0.833. The molecule has 0 saturated carbocycles. The monoisotopic (exact) mass is 338 g/mol.